The van der Waals surface area contributed by atoms with Gasteiger partial charge in [-0.05, 0) is 36.8 Å². The molecule has 2 aromatic carbocycles. The summed E-state index contributed by atoms with van der Waals surface area (Å²) in [5.74, 6) is 1.87. The van der Waals surface area contributed by atoms with Crippen LogP contribution in [-0.2, 0) is 18.4 Å². The minimum Gasteiger partial charge on any atom is -0.247 e. The molecule has 0 aliphatic heterocycles. The molecule has 268 valence electrons. The topological polar surface area (TPSA) is 19.7 Å². The van der Waals surface area contributed by atoms with Crippen LogP contribution in [0.25, 0.3) is 0 Å². The molecule has 2 nitrogen and oxygen atoms in total. The number of hydrogen-bond donors (Lipinski definition) is 1. The van der Waals surface area contributed by atoms with E-state index in [0.717, 1.165) is 13.0 Å². The van der Waals surface area contributed by atoms with Crippen molar-refractivity contribution in [3.05, 3.63) is 90.0 Å². The van der Waals surface area contributed by atoms with Crippen LogP contribution in [0.5, 0.6) is 0 Å². The molecule has 0 aliphatic carbocycles. The molecule has 2 atom stereocenters. The Hall–Kier alpha value is -2.35. The van der Waals surface area contributed by atoms with Gasteiger partial charge in [-0.2, -0.15) is 0 Å². The molecule has 0 fully saturated rings. The molecule has 1 heterocycles. The summed E-state index contributed by atoms with van der Waals surface area (Å²) in [6.07, 6.45) is 38.9. The number of aromatic nitrogens is 2. The van der Waals surface area contributed by atoms with Crippen molar-refractivity contribution in [3.8, 4) is 0 Å². The lowest BCUT2D eigenvalue weighted by molar-refractivity contribution is -0.705. The molecule has 1 aromatic heterocycles. The normalized spacial score (nSPS) is 13.5. The van der Waals surface area contributed by atoms with Gasteiger partial charge in [-0.25, -0.2) is 9.55 Å². The number of benzene rings is 2. The lowest BCUT2D eigenvalue weighted by atomic mass is 9.66. The first-order valence-corrected chi connectivity index (χ1v) is 20.8. The first-order valence-electron chi connectivity index (χ1n) is 20.8. The minimum atomic E-state index is 0.00421. The second-order valence-electron chi connectivity index (χ2n) is 15.3. The standard InChI is InChI=1S/C46H74N2/c1-4-6-8-10-12-14-16-18-20-22-24-32-39-48-40-38-47-45(48)44(37-31-23-21-19-17-15-13-11-9-7-5-2)46(3,43-35-29-26-30-36-43)41-42-33-27-25-28-34-42/h25-30,33-36,38,40,44H,4-24,31-32,37,39,41H2,1-3H3/p+1. The van der Waals surface area contributed by atoms with Gasteiger partial charge in [0.2, 0.25) is 0 Å². The van der Waals surface area contributed by atoms with Gasteiger partial charge in [0.1, 0.15) is 12.4 Å². The molecule has 0 saturated carbocycles. The summed E-state index contributed by atoms with van der Waals surface area (Å²) >= 11 is 0. The fraction of sp³-hybridized carbons (Fsp3) is 0.674. The van der Waals surface area contributed by atoms with Crippen molar-refractivity contribution in [1.29, 1.82) is 0 Å². The summed E-state index contributed by atoms with van der Waals surface area (Å²) in [4.78, 5) is 3.81. The van der Waals surface area contributed by atoms with Crippen LogP contribution in [0.4, 0.5) is 0 Å². The number of imidazole rings is 1. The molecule has 0 aliphatic rings. The largest absolute Gasteiger partial charge is 0.258 e. The van der Waals surface area contributed by atoms with E-state index in [9.17, 15) is 0 Å². The van der Waals surface area contributed by atoms with Crippen molar-refractivity contribution >= 4 is 0 Å². The molecule has 0 radical (unpaired) electrons. The molecule has 3 aromatic rings. The Labute approximate surface area is 297 Å². The predicted molar refractivity (Wildman–Crippen MR) is 210 cm³/mol. The number of unbranched alkanes of at least 4 members (excludes halogenated alkanes) is 21. The quantitative estimate of drug-likeness (QED) is 0.0545. The molecule has 48 heavy (non-hydrogen) atoms. The molecule has 1 N–H and O–H groups in total. The lowest BCUT2D eigenvalue weighted by Gasteiger charge is -2.37. The van der Waals surface area contributed by atoms with Crippen LogP contribution in [-0.4, -0.2) is 4.98 Å². The second-order valence-corrected chi connectivity index (χ2v) is 15.3. The number of rotatable bonds is 30. The fourth-order valence-corrected chi connectivity index (χ4v) is 8.03. The zero-order valence-corrected chi connectivity index (χ0v) is 31.8. The number of hydrogen-bond acceptors (Lipinski definition) is 0. The van der Waals surface area contributed by atoms with E-state index >= 15 is 0 Å². The molecule has 2 unspecified atom stereocenters. The summed E-state index contributed by atoms with van der Waals surface area (Å²) in [6, 6.07) is 22.7. The van der Waals surface area contributed by atoms with E-state index in [1.807, 2.05) is 0 Å². The number of nitrogens with one attached hydrogen (secondary N) is 1. The molecule has 0 spiro atoms. The first-order chi connectivity index (χ1) is 23.7. The predicted octanol–water partition coefficient (Wildman–Crippen LogP) is 14.0. The SMILES string of the molecule is CCCCCCCCCCCCCC[n+]1cc[nH]c1C(CCCCCCCCCCCCC)C(C)(Cc1ccccc1)c1ccccc1. The van der Waals surface area contributed by atoms with E-state index in [1.54, 1.807) is 0 Å². The van der Waals surface area contributed by atoms with Crippen LogP contribution >= 0.6 is 0 Å². The van der Waals surface area contributed by atoms with Crippen LogP contribution in [0, 0.1) is 0 Å². The Morgan fingerprint density at radius 1 is 0.542 bits per heavy atom. The Morgan fingerprint density at radius 3 is 1.48 bits per heavy atom. The van der Waals surface area contributed by atoms with Gasteiger partial charge in [-0.15, -0.1) is 0 Å². The summed E-state index contributed by atoms with van der Waals surface area (Å²) in [5, 5.41) is 0. The average Bonchev–Trinajstić information content (AvgIpc) is 3.58. The number of aromatic amines is 1. The van der Waals surface area contributed by atoms with Crippen LogP contribution in [0.2, 0.25) is 0 Å². The van der Waals surface area contributed by atoms with Gasteiger partial charge in [-0.1, -0.05) is 216 Å². The number of aryl methyl sites for hydroxylation is 1. The van der Waals surface area contributed by atoms with E-state index < -0.39 is 0 Å². The molecule has 2 heteroatoms. The van der Waals surface area contributed by atoms with Crippen LogP contribution < -0.4 is 4.57 Å². The summed E-state index contributed by atoms with van der Waals surface area (Å²) < 4.78 is 2.59. The van der Waals surface area contributed by atoms with Gasteiger partial charge in [0.25, 0.3) is 5.82 Å². The maximum atomic E-state index is 3.81. The summed E-state index contributed by atoms with van der Waals surface area (Å²) in [6.45, 7) is 8.29. The highest BCUT2D eigenvalue weighted by molar-refractivity contribution is 5.32. The van der Waals surface area contributed by atoms with Gasteiger partial charge < -0.3 is 0 Å². The molecule has 0 saturated heterocycles. The fourth-order valence-electron chi connectivity index (χ4n) is 8.03. The maximum Gasteiger partial charge on any atom is 0.258 e. The van der Waals surface area contributed by atoms with Gasteiger partial charge in [0.05, 0.1) is 12.5 Å². The van der Waals surface area contributed by atoms with Crippen molar-refractivity contribution in [2.24, 2.45) is 0 Å². The minimum absolute atomic E-state index is 0.00421. The number of nitrogens with zero attached hydrogens (tertiary/aromatic N) is 1. The summed E-state index contributed by atoms with van der Waals surface area (Å²) in [5.41, 5.74) is 2.91. The average molecular weight is 656 g/mol. The molecule has 3 rings (SSSR count). The van der Waals surface area contributed by atoms with Gasteiger partial charge >= 0.3 is 0 Å². The van der Waals surface area contributed by atoms with Crippen LogP contribution in [0.1, 0.15) is 198 Å². The lowest BCUT2D eigenvalue weighted by Crippen LogP contribution is -2.43. The van der Waals surface area contributed by atoms with E-state index in [4.69, 9.17) is 0 Å². The Bertz CT molecular complexity index is 1140. The van der Waals surface area contributed by atoms with Crippen molar-refractivity contribution in [2.45, 2.75) is 199 Å². The van der Waals surface area contributed by atoms with Gasteiger partial charge in [0.15, 0.2) is 0 Å². The van der Waals surface area contributed by atoms with Crippen molar-refractivity contribution in [2.75, 3.05) is 0 Å². The third-order valence-electron chi connectivity index (χ3n) is 11.1. The maximum absolute atomic E-state index is 3.81. The molecule has 0 bridgehead atoms. The van der Waals surface area contributed by atoms with E-state index in [1.165, 1.54) is 171 Å². The van der Waals surface area contributed by atoms with Gasteiger partial charge in [-0.3, -0.25) is 0 Å². The zero-order valence-electron chi connectivity index (χ0n) is 31.8. The molecular weight excluding hydrogens is 581 g/mol. The molecular formula is C46H75N2+. The first kappa shape index (κ1) is 40.1. The Kier molecular flexibility index (Phi) is 21.4. The third kappa shape index (κ3) is 15.5. The van der Waals surface area contributed by atoms with Crippen molar-refractivity contribution in [3.63, 3.8) is 0 Å². The molecule has 0 amide bonds. The third-order valence-corrected chi connectivity index (χ3v) is 11.1. The number of H-pyrrole nitrogens is 1. The van der Waals surface area contributed by atoms with E-state index in [-0.39, 0.29) is 5.41 Å². The second kappa shape index (κ2) is 25.6. The zero-order chi connectivity index (χ0) is 34.0. The van der Waals surface area contributed by atoms with Crippen LogP contribution in [0.15, 0.2) is 73.1 Å². The Balaban J connectivity index is 1.59. The summed E-state index contributed by atoms with van der Waals surface area (Å²) in [7, 11) is 0. The smallest absolute Gasteiger partial charge is 0.247 e. The highest BCUT2D eigenvalue weighted by Gasteiger charge is 2.41. The highest BCUT2D eigenvalue weighted by Crippen LogP contribution is 2.43. The van der Waals surface area contributed by atoms with Crippen LogP contribution in [0.3, 0.4) is 0 Å². The highest BCUT2D eigenvalue weighted by atomic mass is 15.1. The Morgan fingerprint density at radius 2 is 0.979 bits per heavy atom. The van der Waals surface area contributed by atoms with Crippen molar-refractivity contribution < 1.29 is 4.57 Å². The van der Waals surface area contributed by atoms with Crippen molar-refractivity contribution in [1.82, 2.24) is 4.98 Å². The van der Waals surface area contributed by atoms with E-state index in [0.29, 0.717) is 5.92 Å². The monoisotopic (exact) mass is 656 g/mol. The van der Waals surface area contributed by atoms with Gasteiger partial charge in [0, 0.05) is 5.41 Å². The van der Waals surface area contributed by atoms with E-state index in [2.05, 4.69) is 103 Å².